The number of aryl methyl sites for hydroxylation is 2. The summed E-state index contributed by atoms with van der Waals surface area (Å²) in [5.41, 5.74) is 4.09. The van der Waals surface area contributed by atoms with Gasteiger partial charge in [0.15, 0.2) is 5.43 Å². The van der Waals surface area contributed by atoms with Gasteiger partial charge in [-0.15, -0.1) is 0 Å². The largest absolute Gasteiger partial charge is 0.450 e. The quantitative estimate of drug-likeness (QED) is 0.448. The number of rotatable bonds is 3. The molecule has 0 saturated heterocycles. The van der Waals surface area contributed by atoms with Crippen molar-refractivity contribution in [1.29, 1.82) is 0 Å². The van der Waals surface area contributed by atoms with Gasteiger partial charge in [-0.3, -0.25) is 14.6 Å². The summed E-state index contributed by atoms with van der Waals surface area (Å²) in [4.78, 5) is 32.9. The molecule has 0 spiro atoms. The van der Waals surface area contributed by atoms with Crippen molar-refractivity contribution in [2.45, 2.75) is 26.4 Å². The maximum Gasteiger partial charge on any atom is 0.291 e. The molecule has 4 aromatic rings. The second kappa shape index (κ2) is 7.36. The molecule has 1 unspecified atom stereocenters. The minimum atomic E-state index is -0.585. The zero-order chi connectivity index (χ0) is 21.7. The van der Waals surface area contributed by atoms with Gasteiger partial charge in [0.05, 0.1) is 17.0 Å². The molecule has 6 heteroatoms. The lowest BCUT2D eigenvalue weighted by Gasteiger charge is -2.25. The van der Waals surface area contributed by atoms with Gasteiger partial charge in [0, 0.05) is 24.0 Å². The van der Waals surface area contributed by atoms with Crippen LogP contribution in [0.3, 0.4) is 0 Å². The highest BCUT2D eigenvalue weighted by Gasteiger charge is 2.42. The van der Waals surface area contributed by atoms with Gasteiger partial charge in [0.2, 0.25) is 5.76 Å². The lowest BCUT2D eigenvalue weighted by Crippen LogP contribution is -2.29. The molecule has 154 valence electrons. The molecule has 1 amide bonds. The Bertz CT molecular complexity index is 1380. The van der Waals surface area contributed by atoms with Crippen LogP contribution >= 0.6 is 11.6 Å². The van der Waals surface area contributed by atoms with Gasteiger partial charge in [0.1, 0.15) is 5.58 Å². The van der Waals surface area contributed by atoms with Crippen LogP contribution in [0.15, 0.2) is 70.1 Å². The van der Waals surface area contributed by atoms with Gasteiger partial charge in [-0.05, 0) is 48.7 Å². The Morgan fingerprint density at radius 1 is 1.10 bits per heavy atom. The van der Waals surface area contributed by atoms with Crippen LogP contribution in [0.4, 0.5) is 0 Å². The van der Waals surface area contributed by atoms with Crippen molar-refractivity contribution in [3.63, 3.8) is 0 Å². The molecule has 0 aliphatic carbocycles. The molecular formula is C25H19ClN2O3. The van der Waals surface area contributed by atoms with Gasteiger partial charge >= 0.3 is 0 Å². The zero-order valence-electron chi connectivity index (χ0n) is 17.1. The van der Waals surface area contributed by atoms with Crippen molar-refractivity contribution in [3.8, 4) is 0 Å². The summed E-state index contributed by atoms with van der Waals surface area (Å²) in [5.74, 6) is -0.226. The Hall–Kier alpha value is -3.44. The van der Waals surface area contributed by atoms with Crippen LogP contribution in [0.25, 0.3) is 11.0 Å². The van der Waals surface area contributed by atoms with Crippen LogP contribution in [0.1, 0.15) is 44.4 Å². The number of fused-ring (bicyclic) bond motifs is 2. The standard InChI is InChI=1S/C25H19ClN2O3/c1-14-5-7-16(8-6-14)13-28-22(17-4-3-9-27-12-17)21-23(29)18-11-19(26)15(2)10-20(18)31-24(21)25(28)30/h3-12,22H,13H2,1-2H3. The molecule has 1 atom stereocenters. The summed E-state index contributed by atoms with van der Waals surface area (Å²) in [6.45, 7) is 4.19. The number of pyridine rings is 1. The van der Waals surface area contributed by atoms with Gasteiger partial charge in [-0.25, -0.2) is 0 Å². The molecule has 5 nitrogen and oxygen atoms in total. The maximum atomic E-state index is 13.5. The van der Waals surface area contributed by atoms with Crippen molar-refractivity contribution in [3.05, 3.63) is 110 Å². The molecule has 2 aromatic carbocycles. The molecule has 1 aliphatic rings. The maximum absolute atomic E-state index is 13.5. The van der Waals surface area contributed by atoms with E-state index in [0.29, 0.717) is 28.1 Å². The molecule has 5 rings (SSSR count). The van der Waals surface area contributed by atoms with E-state index in [0.717, 1.165) is 22.3 Å². The molecule has 2 aromatic heterocycles. The third-order valence-corrected chi connectivity index (χ3v) is 6.13. The third kappa shape index (κ3) is 3.22. The first-order chi connectivity index (χ1) is 14.9. The van der Waals surface area contributed by atoms with Crippen molar-refractivity contribution >= 4 is 28.5 Å². The number of aromatic nitrogens is 1. The molecule has 0 N–H and O–H groups in total. The topological polar surface area (TPSA) is 63.4 Å². The SMILES string of the molecule is Cc1ccc(CN2C(=O)c3oc4cc(C)c(Cl)cc4c(=O)c3C2c2cccnc2)cc1. The summed E-state index contributed by atoms with van der Waals surface area (Å²) < 4.78 is 6.00. The van der Waals surface area contributed by atoms with Gasteiger partial charge < -0.3 is 9.32 Å². The fraction of sp³-hybridized carbons (Fsp3) is 0.160. The van der Waals surface area contributed by atoms with Crippen molar-refractivity contribution in [1.82, 2.24) is 9.88 Å². The molecular weight excluding hydrogens is 412 g/mol. The first-order valence-electron chi connectivity index (χ1n) is 9.97. The highest BCUT2D eigenvalue weighted by molar-refractivity contribution is 6.32. The second-order valence-corrected chi connectivity index (χ2v) is 8.29. The molecule has 31 heavy (non-hydrogen) atoms. The highest BCUT2D eigenvalue weighted by Crippen LogP contribution is 2.39. The van der Waals surface area contributed by atoms with E-state index in [-0.39, 0.29) is 17.1 Å². The van der Waals surface area contributed by atoms with E-state index >= 15 is 0 Å². The number of carbonyl (C=O) groups excluding carboxylic acids is 1. The van der Waals surface area contributed by atoms with Gasteiger partial charge in [-0.2, -0.15) is 0 Å². The number of hydrogen-bond acceptors (Lipinski definition) is 4. The van der Waals surface area contributed by atoms with Crippen LogP contribution in [-0.2, 0) is 6.54 Å². The van der Waals surface area contributed by atoms with Gasteiger partial charge in [-0.1, -0.05) is 47.5 Å². The fourth-order valence-electron chi connectivity index (χ4n) is 4.08. The van der Waals surface area contributed by atoms with Crippen LogP contribution in [0, 0.1) is 13.8 Å². The number of carbonyl (C=O) groups is 1. The van der Waals surface area contributed by atoms with E-state index < -0.39 is 6.04 Å². The van der Waals surface area contributed by atoms with Crippen molar-refractivity contribution < 1.29 is 9.21 Å². The van der Waals surface area contributed by atoms with Crippen LogP contribution in [-0.4, -0.2) is 15.8 Å². The monoisotopic (exact) mass is 430 g/mol. The minimum absolute atomic E-state index is 0.0835. The van der Waals surface area contributed by atoms with E-state index in [1.807, 2.05) is 44.2 Å². The second-order valence-electron chi connectivity index (χ2n) is 7.88. The highest BCUT2D eigenvalue weighted by atomic mass is 35.5. The number of nitrogens with zero attached hydrogens (tertiary/aromatic N) is 2. The minimum Gasteiger partial charge on any atom is -0.450 e. The number of amides is 1. The Morgan fingerprint density at radius 3 is 2.58 bits per heavy atom. The first-order valence-corrected chi connectivity index (χ1v) is 10.3. The van der Waals surface area contributed by atoms with Gasteiger partial charge in [0.25, 0.3) is 5.91 Å². The summed E-state index contributed by atoms with van der Waals surface area (Å²) in [5, 5.41) is 0.853. The van der Waals surface area contributed by atoms with Crippen molar-refractivity contribution in [2.24, 2.45) is 0 Å². The Kier molecular flexibility index (Phi) is 4.63. The average Bonchev–Trinajstić information content (AvgIpc) is 3.04. The number of halogens is 1. The molecule has 3 heterocycles. The Morgan fingerprint density at radius 2 is 1.87 bits per heavy atom. The molecule has 0 saturated carbocycles. The zero-order valence-corrected chi connectivity index (χ0v) is 17.8. The Labute approximate surface area is 183 Å². The van der Waals surface area contributed by atoms with E-state index in [1.54, 1.807) is 35.5 Å². The molecule has 0 fully saturated rings. The summed E-state index contributed by atoms with van der Waals surface area (Å²) in [6, 6.07) is 14.4. The predicted molar refractivity (Wildman–Crippen MR) is 119 cm³/mol. The first kappa shape index (κ1) is 19.5. The third-order valence-electron chi connectivity index (χ3n) is 5.72. The van der Waals surface area contributed by atoms with E-state index in [9.17, 15) is 9.59 Å². The summed E-state index contributed by atoms with van der Waals surface area (Å²) >= 11 is 6.27. The van der Waals surface area contributed by atoms with Crippen molar-refractivity contribution in [2.75, 3.05) is 0 Å². The Balaban J connectivity index is 1.73. The smallest absolute Gasteiger partial charge is 0.291 e. The normalized spacial score (nSPS) is 15.5. The summed E-state index contributed by atoms with van der Waals surface area (Å²) in [6.07, 6.45) is 3.35. The lowest BCUT2D eigenvalue weighted by molar-refractivity contribution is 0.0714. The van der Waals surface area contributed by atoms with E-state index in [4.69, 9.17) is 16.0 Å². The lowest BCUT2D eigenvalue weighted by atomic mass is 9.99. The predicted octanol–water partition coefficient (Wildman–Crippen LogP) is 5.20. The van der Waals surface area contributed by atoms with E-state index in [1.165, 1.54) is 0 Å². The van der Waals surface area contributed by atoms with Crippen LogP contribution in [0.2, 0.25) is 5.02 Å². The molecule has 0 bridgehead atoms. The molecule has 1 aliphatic heterocycles. The average molecular weight is 431 g/mol. The number of benzene rings is 2. The van der Waals surface area contributed by atoms with E-state index in [2.05, 4.69) is 4.98 Å². The number of hydrogen-bond donors (Lipinski definition) is 0. The fourth-order valence-corrected chi connectivity index (χ4v) is 4.24. The van der Waals surface area contributed by atoms with Crippen LogP contribution < -0.4 is 5.43 Å². The van der Waals surface area contributed by atoms with Crippen LogP contribution in [0.5, 0.6) is 0 Å². The molecule has 0 radical (unpaired) electrons. The summed E-state index contributed by atoms with van der Waals surface area (Å²) in [7, 11) is 0.